The smallest absolute Gasteiger partial charge is 0.155 e. The summed E-state index contributed by atoms with van der Waals surface area (Å²) in [5, 5.41) is 0. The van der Waals surface area contributed by atoms with Crippen molar-refractivity contribution in [2.45, 2.75) is 65.2 Å². The van der Waals surface area contributed by atoms with Crippen LogP contribution in [0.1, 0.15) is 65.2 Å². The van der Waals surface area contributed by atoms with E-state index in [1.807, 2.05) is 6.08 Å². The van der Waals surface area contributed by atoms with Gasteiger partial charge in [-0.15, -0.1) is 0 Å². The van der Waals surface area contributed by atoms with Crippen molar-refractivity contribution >= 4 is 5.78 Å². The lowest BCUT2D eigenvalue weighted by Gasteiger charge is -2.58. The van der Waals surface area contributed by atoms with Gasteiger partial charge in [0.15, 0.2) is 5.78 Å². The van der Waals surface area contributed by atoms with Crippen molar-refractivity contribution in [2.75, 3.05) is 0 Å². The lowest BCUT2D eigenvalue weighted by Crippen LogP contribution is -2.52. The summed E-state index contributed by atoms with van der Waals surface area (Å²) >= 11 is 0. The Balaban J connectivity index is 1.68. The highest BCUT2D eigenvalue weighted by atomic mass is 16.1. The Morgan fingerprint density at radius 1 is 1.05 bits per heavy atom. The first-order valence-electron chi connectivity index (χ1n) is 8.74. The predicted molar refractivity (Wildman–Crippen MR) is 81.3 cm³/mol. The van der Waals surface area contributed by atoms with Crippen molar-refractivity contribution in [2.24, 2.45) is 34.5 Å². The Labute approximate surface area is 123 Å². The molecular formula is C19H28O. The van der Waals surface area contributed by atoms with Gasteiger partial charge in [-0.3, -0.25) is 4.79 Å². The second-order valence-electron chi connectivity index (χ2n) is 8.65. The minimum Gasteiger partial charge on any atom is -0.295 e. The van der Waals surface area contributed by atoms with E-state index in [1.165, 1.54) is 44.9 Å². The predicted octanol–water partition coefficient (Wildman–Crippen LogP) is 4.76. The molecule has 0 aliphatic heterocycles. The van der Waals surface area contributed by atoms with E-state index in [9.17, 15) is 4.79 Å². The van der Waals surface area contributed by atoms with Crippen molar-refractivity contribution in [3.8, 4) is 0 Å². The highest BCUT2D eigenvalue weighted by Crippen LogP contribution is 2.65. The molecule has 6 atom stereocenters. The van der Waals surface area contributed by atoms with Crippen molar-refractivity contribution < 1.29 is 4.79 Å². The highest BCUT2D eigenvalue weighted by molar-refractivity contribution is 5.91. The van der Waals surface area contributed by atoms with Crippen molar-refractivity contribution in [3.05, 3.63) is 12.2 Å². The molecule has 0 N–H and O–H groups in total. The van der Waals surface area contributed by atoms with Crippen LogP contribution in [0.3, 0.4) is 0 Å². The molecule has 0 heterocycles. The van der Waals surface area contributed by atoms with Crippen LogP contribution in [0, 0.1) is 34.5 Å². The molecule has 4 aliphatic rings. The zero-order chi connectivity index (χ0) is 14.0. The van der Waals surface area contributed by atoms with Gasteiger partial charge in [-0.05, 0) is 79.1 Å². The van der Waals surface area contributed by atoms with Gasteiger partial charge in [0, 0.05) is 6.42 Å². The highest BCUT2D eigenvalue weighted by Gasteiger charge is 2.57. The molecule has 110 valence electrons. The summed E-state index contributed by atoms with van der Waals surface area (Å²) in [5.74, 6) is 3.74. The molecule has 0 saturated heterocycles. The monoisotopic (exact) mass is 272 g/mol. The van der Waals surface area contributed by atoms with Crippen LogP contribution in [0.2, 0.25) is 0 Å². The summed E-state index contributed by atoms with van der Waals surface area (Å²) in [6.07, 6.45) is 14.9. The van der Waals surface area contributed by atoms with Crippen LogP contribution < -0.4 is 0 Å². The van der Waals surface area contributed by atoms with Crippen molar-refractivity contribution in [1.29, 1.82) is 0 Å². The molecule has 20 heavy (non-hydrogen) atoms. The van der Waals surface area contributed by atoms with E-state index in [0.717, 1.165) is 24.2 Å². The number of hydrogen-bond donors (Lipinski definition) is 0. The summed E-state index contributed by atoms with van der Waals surface area (Å²) < 4.78 is 0. The van der Waals surface area contributed by atoms with Gasteiger partial charge in [0.1, 0.15) is 0 Å². The molecule has 3 saturated carbocycles. The summed E-state index contributed by atoms with van der Waals surface area (Å²) in [7, 11) is 0. The van der Waals surface area contributed by atoms with Crippen LogP contribution in [0.25, 0.3) is 0 Å². The molecule has 4 aliphatic carbocycles. The number of hydrogen-bond acceptors (Lipinski definition) is 1. The fraction of sp³-hybridized carbons (Fsp3) is 0.842. The number of rotatable bonds is 0. The maximum Gasteiger partial charge on any atom is 0.155 e. The van der Waals surface area contributed by atoms with E-state index in [4.69, 9.17) is 0 Å². The van der Waals surface area contributed by atoms with E-state index in [2.05, 4.69) is 19.9 Å². The van der Waals surface area contributed by atoms with Gasteiger partial charge >= 0.3 is 0 Å². The van der Waals surface area contributed by atoms with Crippen LogP contribution in [-0.2, 0) is 4.79 Å². The molecule has 0 spiro atoms. The Hall–Kier alpha value is -0.590. The molecule has 4 rings (SSSR count). The second-order valence-corrected chi connectivity index (χ2v) is 8.65. The van der Waals surface area contributed by atoms with Gasteiger partial charge in [-0.1, -0.05) is 26.3 Å². The van der Waals surface area contributed by atoms with Gasteiger partial charge in [0.25, 0.3) is 0 Å². The third kappa shape index (κ3) is 1.64. The lowest BCUT2D eigenvalue weighted by molar-refractivity contribution is -0.126. The molecule has 1 nitrogen and oxygen atoms in total. The molecular weight excluding hydrogens is 244 g/mol. The molecule has 1 heteroatoms. The molecule has 0 aromatic carbocycles. The molecule has 0 amide bonds. The molecule has 1 unspecified atom stereocenters. The molecule has 0 aromatic heterocycles. The lowest BCUT2D eigenvalue weighted by atomic mass is 9.46. The maximum absolute atomic E-state index is 12.0. The summed E-state index contributed by atoms with van der Waals surface area (Å²) in [6.45, 7) is 4.99. The zero-order valence-corrected chi connectivity index (χ0v) is 13.0. The topological polar surface area (TPSA) is 17.1 Å². The van der Waals surface area contributed by atoms with Crippen LogP contribution >= 0.6 is 0 Å². The fourth-order valence-electron chi connectivity index (χ4n) is 6.71. The standard InChI is InChI=1S/C19H28O/c1-18-10-3-4-16(18)15-8-6-13-5-7-14(20)12-19(13,2)17(15)9-11-18/h5,7,13,15-17H,3-4,6,8-12H2,1-2H3/t13?,15-,16-,17-,18-,19-/m0/s1. The SMILES string of the molecule is C[C@@]12CCC[C@H]1[C@@H]1CCC3C=CC(=O)C[C@]3(C)[C@H]1CC2. The summed E-state index contributed by atoms with van der Waals surface area (Å²) in [5.41, 5.74) is 0.914. The maximum atomic E-state index is 12.0. The van der Waals surface area contributed by atoms with Crippen molar-refractivity contribution in [3.63, 3.8) is 0 Å². The Morgan fingerprint density at radius 2 is 1.90 bits per heavy atom. The van der Waals surface area contributed by atoms with Crippen LogP contribution in [0.15, 0.2) is 12.2 Å². The average molecular weight is 272 g/mol. The first kappa shape index (κ1) is 13.1. The number of fused-ring (bicyclic) bond motifs is 5. The third-order valence-corrected chi connectivity index (χ3v) is 7.79. The van der Waals surface area contributed by atoms with E-state index in [1.54, 1.807) is 0 Å². The second kappa shape index (κ2) is 4.21. The zero-order valence-electron chi connectivity index (χ0n) is 13.0. The van der Waals surface area contributed by atoms with E-state index >= 15 is 0 Å². The minimum atomic E-state index is 0.276. The van der Waals surface area contributed by atoms with Gasteiger partial charge in [-0.2, -0.15) is 0 Å². The number of carbonyl (C=O) groups is 1. The number of ketones is 1. The van der Waals surface area contributed by atoms with Crippen LogP contribution in [0.4, 0.5) is 0 Å². The molecule has 0 aromatic rings. The minimum absolute atomic E-state index is 0.276. The van der Waals surface area contributed by atoms with Gasteiger partial charge < -0.3 is 0 Å². The summed E-state index contributed by atoms with van der Waals surface area (Å²) in [4.78, 5) is 12.0. The van der Waals surface area contributed by atoms with Crippen LogP contribution in [-0.4, -0.2) is 5.78 Å². The van der Waals surface area contributed by atoms with Crippen molar-refractivity contribution in [1.82, 2.24) is 0 Å². The van der Waals surface area contributed by atoms with Gasteiger partial charge in [-0.25, -0.2) is 0 Å². The van der Waals surface area contributed by atoms with E-state index in [-0.39, 0.29) is 5.41 Å². The first-order valence-corrected chi connectivity index (χ1v) is 8.74. The van der Waals surface area contributed by atoms with Gasteiger partial charge in [0.2, 0.25) is 0 Å². The first-order chi connectivity index (χ1) is 9.53. The normalized spacial score (nSPS) is 54.2. The molecule has 0 radical (unpaired) electrons. The molecule has 0 bridgehead atoms. The van der Waals surface area contributed by atoms with Gasteiger partial charge in [0.05, 0.1) is 0 Å². The average Bonchev–Trinajstić information content (AvgIpc) is 2.79. The number of allylic oxidation sites excluding steroid dienone is 2. The molecule has 3 fully saturated rings. The Morgan fingerprint density at radius 3 is 2.75 bits per heavy atom. The largest absolute Gasteiger partial charge is 0.295 e. The third-order valence-electron chi connectivity index (χ3n) is 7.79. The number of carbonyl (C=O) groups excluding carboxylic acids is 1. The summed E-state index contributed by atoms with van der Waals surface area (Å²) in [6, 6.07) is 0. The van der Waals surface area contributed by atoms with E-state index < -0.39 is 0 Å². The van der Waals surface area contributed by atoms with E-state index in [0.29, 0.717) is 17.1 Å². The fourth-order valence-corrected chi connectivity index (χ4v) is 6.71. The quantitative estimate of drug-likeness (QED) is 0.621. The Kier molecular flexibility index (Phi) is 2.76. The Bertz CT molecular complexity index is 464. The van der Waals surface area contributed by atoms with Crippen LogP contribution in [0.5, 0.6) is 0 Å².